The Labute approximate surface area is 117 Å². The van der Waals surface area contributed by atoms with Gasteiger partial charge in [0.25, 0.3) is 0 Å². The minimum Gasteiger partial charge on any atom is -0.360 e. The molecule has 0 bridgehead atoms. The van der Waals surface area contributed by atoms with Crippen LogP contribution in [0, 0.1) is 0 Å². The summed E-state index contributed by atoms with van der Waals surface area (Å²) in [5.41, 5.74) is 1.73. The summed E-state index contributed by atoms with van der Waals surface area (Å²) in [7, 11) is 0. The van der Waals surface area contributed by atoms with Crippen LogP contribution in [0.2, 0.25) is 0 Å². The molecule has 4 nitrogen and oxygen atoms in total. The van der Waals surface area contributed by atoms with Crippen molar-refractivity contribution in [3.05, 3.63) is 67.4 Å². The molecule has 3 aromatic rings. The second-order valence-corrected chi connectivity index (χ2v) is 4.74. The number of carbonyl (C=O) groups is 1. The van der Waals surface area contributed by atoms with Gasteiger partial charge in [-0.25, -0.2) is 9.13 Å². The number of rotatable bonds is 5. The van der Waals surface area contributed by atoms with Gasteiger partial charge in [0, 0.05) is 22.7 Å². The highest BCUT2D eigenvalue weighted by Gasteiger charge is 2.15. The van der Waals surface area contributed by atoms with E-state index < -0.39 is 0 Å². The summed E-state index contributed by atoms with van der Waals surface area (Å²) in [5, 5.41) is 0.976. The Morgan fingerprint density at radius 2 is 2.25 bits per heavy atom. The summed E-state index contributed by atoms with van der Waals surface area (Å²) < 4.78 is 3.86. The first-order chi connectivity index (χ1) is 9.78. The van der Waals surface area contributed by atoms with Gasteiger partial charge >= 0.3 is 0 Å². The third-order valence-corrected chi connectivity index (χ3v) is 3.30. The van der Waals surface area contributed by atoms with Gasteiger partial charge in [-0.2, -0.15) is 0 Å². The Morgan fingerprint density at radius 1 is 1.40 bits per heavy atom. The zero-order valence-electron chi connectivity index (χ0n) is 11.1. The molecule has 0 fully saturated rings. The van der Waals surface area contributed by atoms with Crippen LogP contribution in [0.1, 0.15) is 10.4 Å². The van der Waals surface area contributed by atoms with Gasteiger partial charge in [-0.15, -0.1) is 0 Å². The lowest BCUT2D eigenvalue weighted by atomic mass is 10.1. The van der Waals surface area contributed by atoms with E-state index in [1.54, 1.807) is 6.20 Å². The van der Waals surface area contributed by atoms with Crippen molar-refractivity contribution < 1.29 is 9.36 Å². The number of nitrogens with zero attached hydrogens (tertiary/aromatic N) is 2. The van der Waals surface area contributed by atoms with E-state index >= 15 is 0 Å². The van der Waals surface area contributed by atoms with Crippen molar-refractivity contribution in [1.29, 1.82) is 0 Å². The number of hydrogen-bond donors (Lipinski definition) is 1. The third kappa shape index (κ3) is 2.28. The van der Waals surface area contributed by atoms with Gasteiger partial charge in [0.15, 0.2) is 6.54 Å². The van der Waals surface area contributed by atoms with Gasteiger partial charge in [-0.1, -0.05) is 30.9 Å². The van der Waals surface area contributed by atoms with E-state index in [9.17, 15) is 4.79 Å². The highest BCUT2D eigenvalue weighted by molar-refractivity contribution is 6.07. The smallest absolute Gasteiger partial charge is 0.244 e. The number of nitrogens with one attached hydrogen (secondary N) is 1. The van der Waals surface area contributed by atoms with Gasteiger partial charge in [0.05, 0.1) is 0 Å². The van der Waals surface area contributed by atoms with E-state index in [1.165, 1.54) is 0 Å². The number of allylic oxidation sites excluding steroid dienone is 1. The molecule has 0 saturated heterocycles. The Morgan fingerprint density at radius 3 is 3.10 bits per heavy atom. The van der Waals surface area contributed by atoms with Gasteiger partial charge in [0.1, 0.15) is 18.9 Å². The lowest BCUT2D eigenvalue weighted by Gasteiger charge is -1.96. The van der Waals surface area contributed by atoms with Crippen molar-refractivity contribution in [2.45, 2.75) is 13.1 Å². The largest absolute Gasteiger partial charge is 0.360 e. The molecule has 2 aromatic heterocycles. The maximum Gasteiger partial charge on any atom is 0.244 e. The van der Waals surface area contributed by atoms with Crippen LogP contribution < -0.4 is 4.57 Å². The molecule has 0 aliphatic rings. The van der Waals surface area contributed by atoms with E-state index in [0.717, 1.165) is 23.0 Å². The molecular weight excluding hydrogens is 250 g/mol. The fourth-order valence-corrected chi connectivity index (χ4v) is 2.34. The number of aromatic amines is 1. The summed E-state index contributed by atoms with van der Waals surface area (Å²) in [4.78, 5) is 15.5. The predicted octanol–water partition coefficient (Wildman–Crippen LogP) is 2.33. The molecule has 0 unspecified atom stereocenters. The summed E-state index contributed by atoms with van der Waals surface area (Å²) in [6.07, 6.45) is 9.36. The number of imidazole rings is 1. The van der Waals surface area contributed by atoms with Gasteiger partial charge in [-0.05, 0) is 6.07 Å². The van der Waals surface area contributed by atoms with Crippen LogP contribution in [0.3, 0.4) is 0 Å². The number of aromatic nitrogens is 3. The Hall–Kier alpha value is -2.62. The molecule has 100 valence electrons. The normalized spacial score (nSPS) is 10.8. The molecule has 1 aromatic carbocycles. The van der Waals surface area contributed by atoms with Gasteiger partial charge in [0.2, 0.25) is 12.1 Å². The van der Waals surface area contributed by atoms with Crippen molar-refractivity contribution in [2.75, 3.05) is 0 Å². The summed E-state index contributed by atoms with van der Waals surface area (Å²) in [6, 6.07) is 7.84. The number of Topliss-reactive ketones (excluding diaryl/α,β-unsaturated/α-hetero) is 1. The number of ketones is 1. The molecule has 0 amide bonds. The molecular formula is C16H16N3O+. The lowest BCUT2D eigenvalue weighted by Crippen LogP contribution is -2.35. The number of hydrogen-bond acceptors (Lipinski definition) is 1. The van der Waals surface area contributed by atoms with Crippen LogP contribution in [0.15, 0.2) is 61.8 Å². The number of fused-ring (bicyclic) bond motifs is 1. The van der Waals surface area contributed by atoms with E-state index in [4.69, 9.17) is 0 Å². The van der Waals surface area contributed by atoms with Crippen LogP contribution in [0.4, 0.5) is 0 Å². The van der Waals surface area contributed by atoms with E-state index in [0.29, 0.717) is 6.54 Å². The maximum absolute atomic E-state index is 12.4. The van der Waals surface area contributed by atoms with Crippen molar-refractivity contribution in [1.82, 2.24) is 9.55 Å². The monoisotopic (exact) mass is 266 g/mol. The van der Waals surface area contributed by atoms with Crippen LogP contribution in [0.25, 0.3) is 10.9 Å². The Kier molecular flexibility index (Phi) is 3.21. The number of para-hydroxylation sites is 1. The number of H-pyrrole nitrogens is 1. The minimum atomic E-state index is 0.101. The first-order valence-electron chi connectivity index (χ1n) is 6.53. The molecule has 0 radical (unpaired) electrons. The van der Waals surface area contributed by atoms with Crippen LogP contribution in [-0.4, -0.2) is 15.3 Å². The second-order valence-electron chi connectivity index (χ2n) is 4.74. The van der Waals surface area contributed by atoms with Gasteiger partial charge in [-0.3, -0.25) is 4.79 Å². The fourth-order valence-electron chi connectivity index (χ4n) is 2.34. The molecule has 0 spiro atoms. The van der Waals surface area contributed by atoms with Crippen molar-refractivity contribution in [3.8, 4) is 0 Å². The van der Waals surface area contributed by atoms with E-state index in [-0.39, 0.29) is 5.78 Å². The molecule has 0 saturated carbocycles. The molecule has 0 aliphatic heterocycles. The summed E-state index contributed by atoms with van der Waals surface area (Å²) in [5.74, 6) is 0.101. The molecule has 4 heteroatoms. The summed E-state index contributed by atoms with van der Waals surface area (Å²) in [6.45, 7) is 4.78. The first kappa shape index (κ1) is 12.4. The molecule has 1 N–H and O–H groups in total. The van der Waals surface area contributed by atoms with Crippen molar-refractivity contribution >= 4 is 16.7 Å². The molecule has 0 aliphatic carbocycles. The Balaban J connectivity index is 1.83. The lowest BCUT2D eigenvalue weighted by molar-refractivity contribution is -0.682. The average molecular weight is 266 g/mol. The SMILES string of the molecule is C=CCn1cc[n+](CC(=O)c2c[nH]c3ccccc23)c1. The zero-order chi connectivity index (χ0) is 13.9. The first-order valence-corrected chi connectivity index (χ1v) is 6.53. The number of benzene rings is 1. The van der Waals surface area contributed by atoms with Crippen LogP contribution >= 0.6 is 0 Å². The Bertz CT molecular complexity index is 767. The highest BCUT2D eigenvalue weighted by atomic mass is 16.1. The topological polar surface area (TPSA) is 41.7 Å². The van der Waals surface area contributed by atoms with Crippen molar-refractivity contribution in [2.24, 2.45) is 0 Å². The molecule has 3 rings (SSSR count). The van der Waals surface area contributed by atoms with Gasteiger partial charge < -0.3 is 4.98 Å². The van der Waals surface area contributed by atoms with Crippen LogP contribution in [-0.2, 0) is 13.1 Å². The van der Waals surface area contributed by atoms with Crippen molar-refractivity contribution in [3.63, 3.8) is 0 Å². The maximum atomic E-state index is 12.4. The quantitative estimate of drug-likeness (QED) is 0.430. The standard InChI is InChI=1S/C16H15N3O/c1-2-7-18-8-9-19(12-18)11-16(20)14-10-17-15-6-4-3-5-13(14)15/h2-6,8-10,12H,1,7,11H2/p+1. The highest BCUT2D eigenvalue weighted by Crippen LogP contribution is 2.17. The third-order valence-electron chi connectivity index (χ3n) is 3.30. The van der Waals surface area contributed by atoms with E-state index in [1.807, 2.05) is 58.2 Å². The van der Waals surface area contributed by atoms with E-state index in [2.05, 4.69) is 11.6 Å². The molecule has 0 atom stereocenters. The minimum absolute atomic E-state index is 0.101. The summed E-state index contributed by atoms with van der Waals surface area (Å²) >= 11 is 0. The average Bonchev–Trinajstić information content (AvgIpc) is 3.06. The number of carbonyl (C=O) groups excluding carboxylic acids is 1. The predicted molar refractivity (Wildman–Crippen MR) is 77.5 cm³/mol. The molecule has 2 heterocycles. The fraction of sp³-hybridized carbons (Fsp3) is 0.125. The zero-order valence-corrected chi connectivity index (χ0v) is 11.1. The van der Waals surface area contributed by atoms with Crippen LogP contribution in [0.5, 0.6) is 0 Å². The molecule has 20 heavy (non-hydrogen) atoms. The second kappa shape index (κ2) is 5.17.